The predicted octanol–water partition coefficient (Wildman–Crippen LogP) is 1.67. The van der Waals surface area contributed by atoms with Crippen molar-refractivity contribution >= 4 is 18.0 Å². The average Bonchev–Trinajstić information content (AvgIpc) is 2.54. The summed E-state index contributed by atoms with van der Waals surface area (Å²) in [6, 6.07) is 6.03. The molecule has 2 rings (SSSR count). The molecule has 4 nitrogen and oxygen atoms in total. The zero-order valence-electron chi connectivity index (χ0n) is 13.1. The molecule has 0 saturated heterocycles. The number of nitrogens with two attached hydrogens (primary N) is 1. The van der Waals surface area contributed by atoms with Crippen LogP contribution in [0.3, 0.4) is 0 Å². The summed E-state index contributed by atoms with van der Waals surface area (Å²) in [7, 11) is 0. The van der Waals surface area contributed by atoms with Crippen LogP contribution in [-0.2, 0) is 0 Å². The van der Waals surface area contributed by atoms with Gasteiger partial charge in [0.15, 0.2) is 0 Å². The van der Waals surface area contributed by atoms with E-state index in [0.29, 0.717) is 6.54 Å². The monoisotopic (exact) mass is 294 g/mol. The van der Waals surface area contributed by atoms with E-state index in [4.69, 9.17) is 10.7 Å². The number of allylic oxidation sites excluding steroid dienone is 1. The fraction of sp³-hybridized carbons (Fsp3) is 0.222. The van der Waals surface area contributed by atoms with Gasteiger partial charge in [-0.3, -0.25) is 4.98 Å². The zero-order chi connectivity index (χ0) is 15.9. The highest BCUT2D eigenvalue weighted by Gasteiger charge is 2.05. The molecule has 0 amide bonds. The Morgan fingerprint density at radius 2 is 2.09 bits per heavy atom. The minimum Gasteiger partial charge on any atom is -0.368 e. The number of nitrogens with zero attached hydrogens (tertiary/aromatic N) is 2. The maximum absolute atomic E-state index is 5.85. The summed E-state index contributed by atoms with van der Waals surface area (Å²) in [4.78, 5) is 8.80. The van der Waals surface area contributed by atoms with Gasteiger partial charge in [-0.25, -0.2) is 4.98 Å². The molecule has 0 saturated carbocycles. The fourth-order valence-corrected chi connectivity index (χ4v) is 2.17. The van der Waals surface area contributed by atoms with Gasteiger partial charge >= 0.3 is 0 Å². The number of hydrogen-bond acceptors (Lipinski definition) is 4. The van der Waals surface area contributed by atoms with Crippen molar-refractivity contribution in [3.8, 4) is 11.3 Å². The van der Waals surface area contributed by atoms with Gasteiger partial charge in [0.2, 0.25) is 0 Å². The third-order valence-electron chi connectivity index (χ3n) is 3.25. The number of nitrogens with one attached hydrogen (secondary N) is 1. The van der Waals surface area contributed by atoms with E-state index in [1.165, 1.54) is 0 Å². The molecule has 1 atom stereocenters. The molecule has 0 aliphatic carbocycles. The quantitative estimate of drug-likeness (QED) is 0.880. The molecule has 0 bridgehead atoms. The summed E-state index contributed by atoms with van der Waals surface area (Å²) >= 11 is 0. The molecule has 3 N–H and O–H groups in total. The molecule has 2 aromatic rings. The molecule has 0 radical (unpaired) electrons. The Hall–Kier alpha value is -2.46. The van der Waals surface area contributed by atoms with Crippen molar-refractivity contribution in [2.75, 3.05) is 11.9 Å². The molecule has 2 aromatic heterocycles. The van der Waals surface area contributed by atoms with Gasteiger partial charge in [0, 0.05) is 35.8 Å². The van der Waals surface area contributed by atoms with Crippen molar-refractivity contribution in [3.63, 3.8) is 0 Å². The van der Waals surface area contributed by atoms with Crippen LogP contribution in [0.15, 0.2) is 43.2 Å². The molecule has 0 spiro atoms. The van der Waals surface area contributed by atoms with E-state index >= 15 is 0 Å². The fourth-order valence-electron chi connectivity index (χ4n) is 2.17. The van der Waals surface area contributed by atoms with E-state index in [-0.39, 0.29) is 6.04 Å². The van der Waals surface area contributed by atoms with Crippen LogP contribution in [0.2, 0.25) is 0 Å². The highest BCUT2D eigenvalue weighted by atomic mass is 15.0. The van der Waals surface area contributed by atoms with Gasteiger partial charge in [-0.15, -0.1) is 0 Å². The van der Waals surface area contributed by atoms with Crippen molar-refractivity contribution in [1.82, 2.24) is 9.97 Å². The van der Waals surface area contributed by atoms with Crippen LogP contribution >= 0.6 is 0 Å². The van der Waals surface area contributed by atoms with Crippen LogP contribution < -0.4 is 21.5 Å². The van der Waals surface area contributed by atoms with Crippen molar-refractivity contribution < 1.29 is 0 Å². The third kappa shape index (κ3) is 3.80. The van der Waals surface area contributed by atoms with Gasteiger partial charge in [-0.1, -0.05) is 24.8 Å². The second kappa shape index (κ2) is 7.52. The lowest BCUT2D eigenvalue weighted by Gasteiger charge is -2.11. The van der Waals surface area contributed by atoms with Gasteiger partial charge in [0.1, 0.15) is 5.82 Å². The lowest BCUT2D eigenvalue weighted by molar-refractivity contribution is 0.776. The topological polar surface area (TPSA) is 63.8 Å². The van der Waals surface area contributed by atoms with Crippen LogP contribution in [0.4, 0.5) is 5.82 Å². The Morgan fingerprint density at radius 3 is 2.68 bits per heavy atom. The molecule has 0 aliphatic heterocycles. The standard InChI is InChI=1S/C18H22N4/c1-4-6-16-14(5-2)11-17(15-7-9-20-10-8-15)22-18(16)21-12-13(3)19/h4-11,13H,1,12,19H2,2-3H3,(H,21,22)/b14-5-,16-6+. The minimum absolute atomic E-state index is 0.0528. The second-order valence-corrected chi connectivity index (χ2v) is 5.14. The number of hydrogen-bond donors (Lipinski definition) is 2. The van der Waals surface area contributed by atoms with Crippen molar-refractivity contribution in [2.45, 2.75) is 19.9 Å². The van der Waals surface area contributed by atoms with E-state index in [1.54, 1.807) is 18.5 Å². The average molecular weight is 294 g/mol. The van der Waals surface area contributed by atoms with Gasteiger partial charge < -0.3 is 11.1 Å². The van der Waals surface area contributed by atoms with E-state index in [1.807, 2.05) is 32.1 Å². The van der Waals surface area contributed by atoms with Gasteiger partial charge in [-0.2, -0.15) is 0 Å². The van der Waals surface area contributed by atoms with Crippen LogP contribution in [-0.4, -0.2) is 22.6 Å². The molecular weight excluding hydrogens is 272 g/mol. The van der Waals surface area contributed by atoms with Crippen molar-refractivity contribution in [1.29, 1.82) is 0 Å². The first-order valence-electron chi connectivity index (χ1n) is 7.35. The van der Waals surface area contributed by atoms with Crippen LogP contribution in [0.1, 0.15) is 13.8 Å². The molecule has 2 heterocycles. The van der Waals surface area contributed by atoms with E-state index in [2.05, 4.69) is 29.0 Å². The van der Waals surface area contributed by atoms with Gasteiger partial charge in [-0.05, 0) is 37.3 Å². The normalized spacial score (nSPS) is 14.0. The summed E-state index contributed by atoms with van der Waals surface area (Å²) in [6.07, 6.45) is 9.34. The first-order valence-corrected chi connectivity index (χ1v) is 7.35. The Balaban J connectivity index is 2.62. The molecule has 114 valence electrons. The van der Waals surface area contributed by atoms with Crippen molar-refractivity contribution in [2.24, 2.45) is 5.73 Å². The number of rotatable bonds is 5. The van der Waals surface area contributed by atoms with E-state index in [0.717, 1.165) is 27.5 Å². The highest BCUT2D eigenvalue weighted by Crippen LogP contribution is 2.14. The zero-order valence-corrected chi connectivity index (χ0v) is 13.1. The summed E-state index contributed by atoms with van der Waals surface area (Å²) in [5, 5.41) is 5.46. The first kappa shape index (κ1) is 15.9. The van der Waals surface area contributed by atoms with Crippen LogP contribution in [0.25, 0.3) is 23.4 Å². The predicted molar refractivity (Wildman–Crippen MR) is 93.7 cm³/mol. The summed E-state index contributed by atoms with van der Waals surface area (Å²) in [5.41, 5.74) is 7.79. The molecule has 22 heavy (non-hydrogen) atoms. The van der Waals surface area contributed by atoms with Gasteiger partial charge in [0.05, 0.1) is 5.69 Å². The Morgan fingerprint density at radius 1 is 1.36 bits per heavy atom. The van der Waals surface area contributed by atoms with Crippen molar-refractivity contribution in [3.05, 3.63) is 53.7 Å². The Kier molecular flexibility index (Phi) is 5.44. The SMILES string of the molecule is C=C/C=c1/c(NCC(C)N)nc(-c2ccncc2)c/c1=C/C. The van der Waals surface area contributed by atoms with E-state index < -0.39 is 0 Å². The lowest BCUT2D eigenvalue weighted by Crippen LogP contribution is -2.33. The Labute approximate surface area is 131 Å². The van der Waals surface area contributed by atoms with Crippen LogP contribution in [0, 0.1) is 0 Å². The minimum atomic E-state index is 0.0528. The third-order valence-corrected chi connectivity index (χ3v) is 3.25. The summed E-state index contributed by atoms with van der Waals surface area (Å²) < 4.78 is 0. The molecule has 1 unspecified atom stereocenters. The Bertz CT molecular complexity index is 749. The van der Waals surface area contributed by atoms with Gasteiger partial charge in [0.25, 0.3) is 0 Å². The highest BCUT2D eigenvalue weighted by molar-refractivity contribution is 5.63. The lowest BCUT2D eigenvalue weighted by atomic mass is 10.1. The smallest absolute Gasteiger partial charge is 0.134 e. The van der Waals surface area contributed by atoms with Crippen LogP contribution in [0.5, 0.6) is 0 Å². The summed E-state index contributed by atoms with van der Waals surface area (Å²) in [5.74, 6) is 0.819. The molecule has 0 aliphatic rings. The molecule has 0 aromatic carbocycles. The number of anilines is 1. The second-order valence-electron chi connectivity index (χ2n) is 5.14. The molecule has 4 heteroatoms. The largest absolute Gasteiger partial charge is 0.368 e. The summed E-state index contributed by atoms with van der Waals surface area (Å²) in [6.45, 7) is 8.43. The molecule has 0 fully saturated rings. The molecular formula is C18H22N4. The number of aromatic nitrogens is 2. The first-order chi connectivity index (χ1) is 10.7. The maximum atomic E-state index is 5.85. The number of pyridine rings is 2. The van der Waals surface area contributed by atoms with E-state index in [9.17, 15) is 0 Å². The maximum Gasteiger partial charge on any atom is 0.134 e.